The van der Waals surface area contributed by atoms with Crippen molar-refractivity contribution < 1.29 is 9.53 Å². The maximum atomic E-state index is 12.3. The fourth-order valence-electron chi connectivity index (χ4n) is 2.89. The number of anilines is 1. The van der Waals surface area contributed by atoms with Crippen LogP contribution in [-0.2, 0) is 11.8 Å². The van der Waals surface area contributed by atoms with E-state index < -0.39 is 0 Å². The van der Waals surface area contributed by atoms with Crippen molar-refractivity contribution in [2.75, 3.05) is 18.2 Å². The molecule has 0 radical (unpaired) electrons. The van der Waals surface area contributed by atoms with Crippen molar-refractivity contribution in [1.29, 1.82) is 0 Å². The zero-order valence-electron chi connectivity index (χ0n) is 15.4. The Morgan fingerprint density at radius 3 is 2.82 bits per heavy atom. The van der Waals surface area contributed by atoms with Crippen LogP contribution in [0.4, 0.5) is 5.69 Å². The van der Waals surface area contributed by atoms with Gasteiger partial charge < -0.3 is 14.6 Å². The normalized spacial score (nSPS) is 10.9. The number of benzene rings is 2. The lowest BCUT2D eigenvalue weighted by Crippen LogP contribution is -2.15. The van der Waals surface area contributed by atoms with Gasteiger partial charge in [-0.05, 0) is 18.2 Å². The van der Waals surface area contributed by atoms with Gasteiger partial charge in [0.2, 0.25) is 5.91 Å². The molecule has 2 heterocycles. The highest BCUT2D eigenvalue weighted by molar-refractivity contribution is 7.99. The number of amides is 1. The third-order valence-corrected chi connectivity index (χ3v) is 6.25. The van der Waals surface area contributed by atoms with Crippen LogP contribution in [0.5, 0.6) is 5.75 Å². The maximum Gasteiger partial charge on any atom is 0.234 e. The summed E-state index contributed by atoms with van der Waals surface area (Å²) < 4.78 is 8.40. The Morgan fingerprint density at radius 1 is 1.18 bits per heavy atom. The quantitative estimate of drug-likeness (QED) is 0.476. The Kier molecular flexibility index (Phi) is 5.31. The van der Waals surface area contributed by atoms with E-state index in [1.807, 2.05) is 48.0 Å². The maximum absolute atomic E-state index is 12.3. The highest BCUT2D eigenvalue weighted by Crippen LogP contribution is 2.33. The molecule has 2 aromatic heterocycles. The zero-order chi connectivity index (χ0) is 19.5. The molecule has 4 aromatic rings. The predicted octanol–water partition coefficient (Wildman–Crippen LogP) is 4.44. The first kappa shape index (κ1) is 18.5. The summed E-state index contributed by atoms with van der Waals surface area (Å²) in [4.78, 5) is 12.3. The largest absolute Gasteiger partial charge is 0.495 e. The number of rotatable bonds is 6. The van der Waals surface area contributed by atoms with Crippen LogP contribution in [0.25, 0.3) is 21.5 Å². The SMILES string of the molecule is COc1ccccc1NC(=O)CSc1nnc(-c2csc3ccccc23)n1C. The summed E-state index contributed by atoms with van der Waals surface area (Å²) >= 11 is 3.04. The number of ether oxygens (including phenoxy) is 1. The molecular weight excluding hydrogens is 392 g/mol. The molecular formula is C20H18N4O2S2. The van der Waals surface area contributed by atoms with Gasteiger partial charge in [0, 0.05) is 28.1 Å². The predicted molar refractivity (Wildman–Crippen MR) is 114 cm³/mol. The number of methoxy groups -OCH3 is 1. The molecule has 28 heavy (non-hydrogen) atoms. The Bertz CT molecular complexity index is 1140. The van der Waals surface area contributed by atoms with Crippen LogP contribution in [0.1, 0.15) is 0 Å². The van der Waals surface area contributed by atoms with E-state index in [4.69, 9.17) is 4.74 Å². The van der Waals surface area contributed by atoms with Crippen LogP contribution < -0.4 is 10.1 Å². The molecule has 0 unspecified atom stereocenters. The molecule has 1 N–H and O–H groups in total. The van der Waals surface area contributed by atoms with Gasteiger partial charge >= 0.3 is 0 Å². The number of hydrogen-bond acceptors (Lipinski definition) is 6. The molecule has 0 bridgehead atoms. The number of carbonyl (C=O) groups is 1. The van der Waals surface area contributed by atoms with Gasteiger partial charge in [-0.3, -0.25) is 4.79 Å². The monoisotopic (exact) mass is 410 g/mol. The van der Waals surface area contributed by atoms with Gasteiger partial charge in [0.25, 0.3) is 0 Å². The lowest BCUT2D eigenvalue weighted by molar-refractivity contribution is -0.113. The third-order valence-electron chi connectivity index (χ3n) is 4.27. The summed E-state index contributed by atoms with van der Waals surface area (Å²) in [5, 5.41) is 15.4. The first-order valence-corrected chi connectivity index (χ1v) is 10.5. The van der Waals surface area contributed by atoms with Gasteiger partial charge in [-0.1, -0.05) is 42.1 Å². The van der Waals surface area contributed by atoms with Crippen LogP contribution in [0.15, 0.2) is 59.1 Å². The highest BCUT2D eigenvalue weighted by Gasteiger charge is 2.16. The molecule has 0 saturated carbocycles. The third kappa shape index (κ3) is 3.61. The summed E-state index contributed by atoms with van der Waals surface area (Å²) in [5.74, 6) is 1.53. The summed E-state index contributed by atoms with van der Waals surface area (Å²) in [5.41, 5.74) is 1.71. The molecule has 2 aromatic carbocycles. The number of aromatic nitrogens is 3. The second kappa shape index (κ2) is 8.04. The van der Waals surface area contributed by atoms with Crippen LogP contribution in [-0.4, -0.2) is 33.5 Å². The van der Waals surface area contributed by atoms with E-state index in [0.717, 1.165) is 16.8 Å². The molecule has 142 valence electrons. The number of thiophene rings is 1. The minimum Gasteiger partial charge on any atom is -0.495 e. The summed E-state index contributed by atoms with van der Waals surface area (Å²) in [6.45, 7) is 0. The average molecular weight is 411 g/mol. The number of nitrogens with one attached hydrogen (secondary N) is 1. The van der Waals surface area contributed by atoms with Crippen molar-refractivity contribution in [2.45, 2.75) is 5.16 Å². The number of nitrogens with zero attached hydrogens (tertiary/aromatic N) is 3. The van der Waals surface area contributed by atoms with Crippen LogP contribution >= 0.6 is 23.1 Å². The summed E-state index contributed by atoms with van der Waals surface area (Å²) in [6.07, 6.45) is 0. The average Bonchev–Trinajstić information content (AvgIpc) is 3.30. The summed E-state index contributed by atoms with van der Waals surface area (Å²) in [6, 6.07) is 15.6. The van der Waals surface area contributed by atoms with Gasteiger partial charge in [0.05, 0.1) is 18.6 Å². The Hall–Kier alpha value is -2.84. The van der Waals surface area contributed by atoms with Crippen LogP contribution in [0, 0.1) is 0 Å². The first-order valence-electron chi connectivity index (χ1n) is 8.59. The van der Waals surface area contributed by atoms with E-state index in [1.165, 1.54) is 16.5 Å². The van der Waals surface area contributed by atoms with Crippen molar-refractivity contribution in [3.05, 3.63) is 53.9 Å². The molecule has 8 heteroatoms. The van der Waals surface area contributed by atoms with Crippen molar-refractivity contribution in [2.24, 2.45) is 7.05 Å². The van der Waals surface area contributed by atoms with Crippen molar-refractivity contribution in [3.63, 3.8) is 0 Å². The molecule has 4 rings (SSSR count). The van der Waals surface area contributed by atoms with Crippen molar-refractivity contribution in [1.82, 2.24) is 14.8 Å². The molecule has 1 amide bonds. The van der Waals surface area contributed by atoms with E-state index in [9.17, 15) is 4.79 Å². The zero-order valence-corrected chi connectivity index (χ0v) is 17.0. The number of thioether (sulfide) groups is 1. The van der Waals surface area contributed by atoms with E-state index in [0.29, 0.717) is 16.6 Å². The number of fused-ring (bicyclic) bond motifs is 1. The second-order valence-electron chi connectivity index (χ2n) is 6.05. The van der Waals surface area contributed by atoms with Crippen LogP contribution in [0.3, 0.4) is 0 Å². The van der Waals surface area contributed by atoms with E-state index in [1.54, 1.807) is 18.4 Å². The Morgan fingerprint density at radius 2 is 1.96 bits per heavy atom. The molecule has 0 aliphatic heterocycles. The van der Waals surface area contributed by atoms with Crippen LogP contribution in [0.2, 0.25) is 0 Å². The van der Waals surface area contributed by atoms with E-state index >= 15 is 0 Å². The number of carbonyl (C=O) groups excluding carboxylic acids is 1. The van der Waals surface area contributed by atoms with Crippen molar-refractivity contribution in [3.8, 4) is 17.1 Å². The smallest absolute Gasteiger partial charge is 0.234 e. The van der Waals surface area contributed by atoms with E-state index in [-0.39, 0.29) is 11.7 Å². The fourth-order valence-corrected chi connectivity index (χ4v) is 4.54. The molecule has 0 aliphatic rings. The van der Waals surface area contributed by atoms with Gasteiger partial charge in [0.1, 0.15) is 5.75 Å². The lowest BCUT2D eigenvalue weighted by atomic mass is 10.2. The Labute approximate surface area is 170 Å². The fraction of sp³-hybridized carbons (Fsp3) is 0.150. The van der Waals surface area contributed by atoms with Crippen molar-refractivity contribution >= 4 is 44.8 Å². The minimum atomic E-state index is -0.125. The lowest BCUT2D eigenvalue weighted by Gasteiger charge is -2.09. The molecule has 0 atom stereocenters. The highest BCUT2D eigenvalue weighted by atomic mass is 32.2. The summed E-state index contributed by atoms with van der Waals surface area (Å²) in [7, 11) is 3.50. The van der Waals surface area contributed by atoms with Gasteiger partial charge in [-0.2, -0.15) is 0 Å². The van der Waals surface area contributed by atoms with Gasteiger partial charge in [0.15, 0.2) is 11.0 Å². The standard InChI is InChI=1S/C20H18N4O2S2/c1-24-19(14-11-27-17-10-6-3-7-13(14)17)22-23-20(24)28-12-18(25)21-15-8-4-5-9-16(15)26-2/h3-11H,12H2,1-2H3,(H,21,25). The van der Waals surface area contributed by atoms with Gasteiger partial charge in [-0.15, -0.1) is 21.5 Å². The number of hydrogen-bond donors (Lipinski definition) is 1. The Balaban J connectivity index is 1.47. The minimum absolute atomic E-state index is 0.125. The first-order chi connectivity index (χ1) is 13.7. The number of para-hydroxylation sites is 2. The molecule has 6 nitrogen and oxygen atoms in total. The van der Waals surface area contributed by atoms with E-state index in [2.05, 4.69) is 33.0 Å². The molecule has 0 fully saturated rings. The molecule has 0 spiro atoms. The van der Waals surface area contributed by atoms with Gasteiger partial charge in [-0.25, -0.2) is 0 Å². The topological polar surface area (TPSA) is 69.0 Å². The molecule has 0 aliphatic carbocycles. The second-order valence-corrected chi connectivity index (χ2v) is 7.90. The molecule has 0 saturated heterocycles.